The lowest BCUT2D eigenvalue weighted by molar-refractivity contribution is 0.0696. The number of carboxylic acid groups (broad SMARTS) is 1. The monoisotopic (exact) mass is 259 g/mol. The van der Waals surface area contributed by atoms with Crippen molar-refractivity contribution in [3.05, 3.63) is 46.4 Å². The lowest BCUT2D eigenvalue weighted by Crippen LogP contribution is -2.18. The average Bonchev–Trinajstić information content (AvgIpc) is 2.85. The average molecular weight is 259 g/mol. The number of carboxylic acids is 1. The predicted octanol–water partition coefficient (Wildman–Crippen LogP) is 1.47. The lowest BCUT2D eigenvalue weighted by atomic mass is 10.0. The van der Waals surface area contributed by atoms with Gasteiger partial charge < -0.3 is 19.6 Å². The number of rotatable bonds is 2. The molecule has 2 heterocycles. The standard InChI is InChI=1S/C13H9NO5/c15-12-11(13(16)17)8(3-4-14-12)7-1-2-9-10(5-7)19-6-18-9/h1-5H,6H2,(H,14,15)(H,16,17). The van der Waals surface area contributed by atoms with Crippen LogP contribution in [0.1, 0.15) is 10.4 Å². The highest BCUT2D eigenvalue weighted by molar-refractivity contribution is 5.95. The molecule has 0 aliphatic carbocycles. The molecule has 0 fully saturated rings. The fourth-order valence-electron chi connectivity index (χ4n) is 2.00. The maximum Gasteiger partial charge on any atom is 0.341 e. The summed E-state index contributed by atoms with van der Waals surface area (Å²) in [7, 11) is 0. The van der Waals surface area contributed by atoms with Gasteiger partial charge in [0.05, 0.1) is 0 Å². The molecule has 96 valence electrons. The Bertz CT molecular complexity index is 719. The number of hydrogen-bond donors (Lipinski definition) is 2. The van der Waals surface area contributed by atoms with Crippen molar-refractivity contribution < 1.29 is 19.4 Å². The van der Waals surface area contributed by atoms with E-state index in [4.69, 9.17) is 14.6 Å². The van der Waals surface area contributed by atoms with Crippen LogP contribution in [0.2, 0.25) is 0 Å². The Hall–Kier alpha value is -2.76. The minimum atomic E-state index is -1.27. The van der Waals surface area contributed by atoms with Crippen molar-refractivity contribution in [3.63, 3.8) is 0 Å². The van der Waals surface area contributed by atoms with Gasteiger partial charge in [-0.1, -0.05) is 6.07 Å². The molecule has 3 rings (SSSR count). The number of nitrogens with one attached hydrogen (secondary N) is 1. The zero-order chi connectivity index (χ0) is 13.4. The van der Waals surface area contributed by atoms with E-state index >= 15 is 0 Å². The van der Waals surface area contributed by atoms with Crippen molar-refractivity contribution in [2.75, 3.05) is 6.79 Å². The van der Waals surface area contributed by atoms with E-state index in [0.717, 1.165) is 0 Å². The molecular weight excluding hydrogens is 250 g/mol. The summed E-state index contributed by atoms with van der Waals surface area (Å²) >= 11 is 0. The van der Waals surface area contributed by atoms with E-state index in [9.17, 15) is 9.59 Å². The van der Waals surface area contributed by atoms with Crippen molar-refractivity contribution >= 4 is 5.97 Å². The van der Waals surface area contributed by atoms with Crippen LogP contribution in [0.3, 0.4) is 0 Å². The number of aromatic carboxylic acids is 1. The maximum absolute atomic E-state index is 11.6. The second-order valence-corrected chi connectivity index (χ2v) is 3.97. The minimum absolute atomic E-state index is 0.139. The van der Waals surface area contributed by atoms with Crippen LogP contribution < -0.4 is 15.0 Å². The molecule has 0 amide bonds. The first-order valence-corrected chi connectivity index (χ1v) is 5.52. The van der Waals surface area contributed by atoms with E-state index in [1.54, 1.807) is 24.3 Å². The molecule has 1 aromatic heterocycles. The molecule has 0 saturated carbocycles. The van der Waals surface area contributed by atoms with Crippen LogP contribution in [0.25, 0.3) is 11.1 Å². The summed E-state index contributed by atoms with van der Waals surface area (Å²) in [6.07, 6.45) is 1.41. The largest absolute Gasteiger partial charge is 0.477 e. The normalized spacial score (nSPS) is 12.4. The van der Waals surface area contributed by atoms with Gasteiger partial charge in [0.25, 0.3) is 5.56 Å². The molecule has 2 N–H and O–H groups in total. The fourth-order valence-corrected chi connectivity index (χ4v) is 2.00. The Morgan fingerprint density at radius 1 is 1.21 bits per heavy atom. The first kappa shape index (κ1) is 11.3. The summed E-state index contributed by atoms with van der Waals surface area (Å²) < 4.78 is 10.4. The van der Waals surface area contributed by atoms with Crippen LogP contribution in [-0.2, 0) is 0 Å². The Balaban J connectivity index is 2.20. The van der Waals surface area contributed by atoms with E-state index in [1.807, 2.05) is 0 Å². The van der Waals surface area contributed by atoms with Crippen molar-refractivity contribution in [3.8, 4) is 22.6 Å². The summed E-state index contributed by atoms with van der Waals surface area (Å²) in [4.78, 5) is 25.1. The topological polar surface area (TPSA) is 88.6 Å². The van der Waals surface area contributed by atoms with Gasteiger partial charge in [-0.05, 0) is 23.8 Å². The summed E-state index contributed by atoms with van der Waals surface area (Å²) in [6.45, 7) is 0.139. The molecule has 0 radical (unpaired) electrons. The van der Waals surface area contributed by atoms with E-state index in [-0.39, 0.29) is 12.4 Å². The quantitative estimate of drug-likeness (QED) is 0.852. The molecular formula is C13H9NO5. The zero-order valence-electron chi connectivity index (χ0n) is 9.67. The predicted molar refractivity (Wildman–Crippen MR) is 65.6 cm³/mol. The third-order valence-corrected chi connectivity index (χ3v) is 2.86. The van der Waals surface area contributed by atoms with Gasteiger partial charge in [0.15, 0.2) is 11.5 Å². The second kappa shape index (κ2) is 4.16. The molecule has 1 aliphatic heterocycles. The van der Waals surface area contributed by atoms with Crippen molar-refractivity contribution in [2.45, 2.75) is 0 Å². The van der Waals surface area contributed by atoms with Gasteiger partial charge in [-0.3, -0.25) is 4.79 Å². The van der Waals surface area contributed by atoms with Crippen LogP contribution in [0.5, 0.6) is 11.5 Å². The molecule has 1 aromatic carbocycles. The van der Waals surface area contributed by atoms with Crippen LogP contribution >= 0.6 is 0 Å². The van der Waals surface area contributed by atoms with Crippen LogP contribution in [0, 0.1) is 0 Å². The van der Waals surface area contributed by atoms with Gasteiger partial charge in [-0.2, -0.15) is 0 Å². The Morgan fingerprint density at radius 3 is 2.79 bits per heavy atom. The van der Waals surface area contributed by atoms with E-state index in [0.29, 0.717) is 22.6 Å². The zero-order valence-corrected chi connectivity index (χ0v) is 9.67. The summed E-state index contributed by atoms with van der Waals surface area (Å²) in [5, 5.41) is 9.13. The highest BCUT2D eigenvalue weighted by atomic mass is 16.7. The molecule has 6 nitrogen and oxygen atoms in total. The number of hydrogen-bond acceptors (Lipinski definition) is 4. The van der Waals surface area contributed by atoms with Gasteiger partial charge in [0.1, 0.15) is 5.56 Å². The van der Waals surface area contributed by atoms with Gasteiger partial charge in [0, 0.05) is 11.8 Å². The van der Waals surface area contributed by atoms with Crippen LogP contribution in [0.4, 0.5) is 0 Å². The van der Waals surface area contributed by atoms with Crippen LogP contribution in [0.15, 0.2) is 35.3 Å². The van der Waals surface area contributed by atoms with Crippen molar-refractivity contribution in [1.82, 2.24) is 4.98 Å². The molecule has 0 bridgehead atoms. The number of aromatic nitrogens is 1. The van der Waals surface area contributed by atoms with E-state index in [1.165, 1.54) is 6.20 Å². The summed E-state index contributed by atoms with van der Waals surface area (Å²) in [5.41, 5.74) is 0.00586. The second-order valence-electron chi connectivity index (χ2n) is 3.97. The third-order valence-electron chi connectivity index (χ3n) is 2.86. The third kappa shape index (κ3) is 1.83. The number of benzene rings is 1. The molecule has 19 heavy (non-hydrogen) atoms. The Morgan fingerprint density at radius 2 is 2.00 bits per heavy atom. The SMILES string of the molecule is O=C(O)c1c(-c2ccc3c(c2)OCO3)cc[nH]c1=O. The van der Waals surface area contributed by atoms with Crippen molar-refractivity contribution in [1.29, 1.82) is 0 Å². The fraction of sp³-hybridized carbons (Fsp3) is 0.0769. The summed E-state index contributed by atoms with van der Waals surface area (Å²) in [5.74, 6) is -0.130. The first-order valence-electron chi connectivity index (χ1n) is 5.52. The molecule has 6 heteroatoms. The minimum Gasteiger partial charge on any atom is -0.477 e. The number of H-pyrrole nitrogens is 1. The Labute approximate surface area is 107 Å². The van der Waals surface area contributed by atoms with Gasteiger partial charge in [-0.15, -0.1) is 0 Å². The van der Waals surface area contributed by atoms with Gasteiger partial charge in [0.2, 0.25) is 6.79 Å². The molecule has 0 unspecified atom stereocenters. The Kier molecular flexibility index (Phi) is 2.49. The molecule has 0 saturated heterocycles. The number of ether oxygens (including phenoxy) is 2. The van der Waals surface area contributed by atoms with Gasteiger partial charge in [-0.25, -0.2) is 4.79 Å². The first-order chi connectivity index (χ1) is 9.16. The lowest BCUT2D eigenvalue weighted by Gasteiger charge is -2.06. The van der Waals surface area contributed by atoms with E-state index < -0.39 is 11.5 Å². The molecule has 0 spiro atoms. The smallest absolute Gasteiger partial charge is 0.341 e. The van der Waals surface area contributed by atoms with Crippen molar-refractivity contribution in [2.24, 2.45) is 0 Å². The number of carbonyl (C=O) groups is 1. The molecule has 0 atom stereocenters. The van der Waals surface area contributed by atoms with Gasteiger partial charge >= 0.3 is 5.97 Å². The number of pyridine rings is 1. The maximum atomic E-state index is 11.6. The summed E-state index contributed by atoms with van der Waals surface area (Å²) in [6, 6.07) is 6.57. The number of fused-ring (bicyclic) bond motifs is 1. The van der Waals surface area contributed by atoms with Crippen LogP contribution in [-0.4, -0.2) is 22.9 Å². The molecule has 2 aromatic rings. The number of aromatic amines is 1. The highest BCUT2D eigenvalue weighted by Gasteiger charge is 2.19. The van der Waals surface area contributed by atoms with E-state index in [2.05, 4.69) is 4.98 Å². The highest BCUT2D eigenvalue weighted by Crippen LogP contribution is 2.36. The molecule has 1 aliphatic rings.